The fourth-order valence-corrected chi connectivity index (χ4v) is 1.88. The van der Waals surface area contributed by atoms with Crippen LogP contribution in [0.4, 0.5) is 5.69 Å². The van der Waals surface area contributed by atoms with Crippen LogP contribution in [-0.4, -0.2) is 13.3 Å². The van der Waals surface area contributed by atoms with Gasteiger partial charge in [0, 0.05) is 11.2 Å². The van der Waals surface area contributed by atoms with Crippen LogP contribution in [0.5, 0.6) is 5.75 Å². The summed E-state index contributed by atoms with van der Waals surface area (Å²) in [5, 5.41) is 1.13. The molecule has 0 aliphatic carbocycles. The van der Waals surface area contributed by atoms with Crippen molar-refractivity contribution in [2.24, 2.45) is 4.99 Å². The molecular weight excluding hydrogens is 269 g/mol. The van der Waals surface area contributed by atoms with E-state index < -0.39 is 0 Å². The second-order valence-corrected chi connectivity index (χ2v) is 4.47. The number of nitrogens with zero attached hydrogens (tertiary/aromatic N) is 1. The summed E-state index contributed by atoms with van der Waals surface area (Å²) in [6, 6.07) is 12.8. The molecule has 0 aromatic heterocycles. The molecule has 0 unspecified atom stereocenters. The highest BCUT2D eigenvalue weighted by molar-refractivity contribution is 6.36. The van der Waals surface area contributed by atoms with Crippen LogP contribution in [0.1, 0.15) is 5.56 Å². The van der Waals surface area contributed by atoms with E-state index >= 15 is 0 Å². The maximum Gasteiger partial charge on any atom is 0.118 e. The number of halogens is 2. The van der Waals surface area contributed by atoms with Crippen molar-refractivity contribution in [3.63, 3.8) is 0 Å². The number of ether oxygens (including phenoxy) is 1. The highest BCUT2D eigenvalue weighted by Gasteiger charge is 1.98. The summed E-state index contributed by atoms with van der Waals surface area (Å²) in [6.07, 6.45) is 1.74. The fraction of sp³-hybridized carbons (Fsp3) is 0.0714. The smallest absolute Gasteiger partial charge is 0.118 e. The van der Waals surface area contributed by atoms with Crippen molar-refractivity contribution < 1.29 is 4.74 Å². The van der Waals surface area contributed by atoms with Crippen molar-refractivity contribution >= 4 is 35.1 Å². The van der Waals surface area contributed by atoms with E-state index in [1.807, 2.05) is 24.3 Å². The summed E-state index contributed by atoms with van der Waals surface area (Å²) in [4.78, 5) is 4.32. The zero-order valence-corrected chi connectivity index (χ0v) is 11.2. The summed E-state index contributed by atoms with van der Waals surface area (Å²) < 4.78 is 5.08. The molecule has 18 heavy (non-hydrogen) atoms. The van der Waals surface area contributed by atoms with Crippen molar-refractivity contribution in [1.82, 2.24) is 0 Å². The van der Waals surface area contributed by atoms with Crippen LogP contribution in [0, 0.1) is 0 Å². The van der Waals surface area contributed by atoms with E-state index in [9.17, 15) is 0 Å². The zero-order chi connectivity index (χ0) is 13.0. The first-order chi connectivity index (χ1) is 8.69. The van der Waals surface area contributed by atoms with Crippen LogP contribution in [0.2, 0.25) is 10.0 Å². The van der Waals surface area contributed by atoms with E-state index in [2.05, 4.69) is 4.99 Å². The first kappa shape index (κ1) is 12.9. The van der Waals surface area contributed by atoms with Crippen LogP contribution in [-0.2, 0) is 0 Å². The minimum atomic E-state index is 0.535. The second-order valence-electron chi connectivity index (χ2n) is 3.63. The van der Waals surface area contributed by atoms with Gasteiger partial charge in [0.1, 0.15) is 5.75 Å². The minimum absolute atomic E-state index is 0.535. The monoisotopic (exact) mass is 279 g/mol. The molecule has 0 fully saturated rings. The van der Waals surface area contributed by atoms with E-state index in [1.54, 1.807) is 31.5 Å². The summed E-state index contributed by atoms with van der Waals surface area (Å²) in [5.74, 6) is 0.816. The Morgan fingerprint density at radius 3 is 2.39 bits per heavy atom. The Bertz CT molecular complexity index is 565. The highest BCUT2D eigenvalue weighted by atomic mass is 35.5. The van der Waals surface area contributed by atoms with Crippen LogP contribution < -0.4 is 4.74 Å². The maximum atomic E-state index is 6.03. The molecule has 0 aliphatic heterocycles. The first-order valence-electron chi connectivity index (χ1n) is 5.32. The molecule has 0 atom stereocenters. The molecule has 2 rings (SSSR count). The van der Waals surface area contributed by atoms with Gasteiger partial charge in [0.05, 0.1) is 17.8 Å². The quantitative estimate of drug-likeness (QED) is 0.743. The molecule has 0 radical (unpaired) electrons. The minimum Gasteiger partial charge on any atom is -0.497 e. The highest BCUT2D eigenvalue weighted by Crippen LogP contribution is 2.27. The molecule has 0 spiro atoms. The normalized spacial score (nSPS) is 10.8. The number of hydrogen-bond acceptors (Lipinski definition) is 2. The Balaban J connectivity index is 2.19. The Morgan fingerprint density at radius 2 is 1.78 bits per heavy atom. The third-order valence-electron chi connectivity index (χ3n) is 2.38. The molecule has 2 aromatic carbocycles. The fourth-order valence-electron chi connectivity index (χ4n) is 1.42. The molecule has 2 nitrogen and oxygen atoms in total. The van der Waals surface area contributed by atoms with Crippen molar-refractivity contribution in [3.05, 3.63) is 58.1 Å². The van der Waals surface area contributed by atoms with Gasteiger partial charge >= 0.3 is 0 Å². The number of methoxy groups -OCH3 is 1. The van der Waals surface area contributed by atoms with Gasteiger partial charge in [-0.1, -0.05) is 23.2 Å². The van der Waals surface area contributed by atoms with Gasteiger partial charge in [-0.2, -0.15) is 0 Å². The Kier molecular flexibility index (Phi) is 4.24. The number of hydrogen-bond donors (Lipinski definition) is 0. The van der Waals surface area contributed by atoms with Crippen molar-refractivity contribution in [2.75, 3.05) is 7.11 Å². The standard InChI is InChI=1S/C14H11Cl2NO/c1-18-12-5-2-10(3-6-12)9-17-14-7-4-11(15)8-13(14)16/h2-9H,1H3. The molecule has 0 bridgehead atoms. The lowest BCUT2D eigenvalue weighted by Crippen LogP contribution is -1.84. The topological polar surface area (TPSA) is 21.6 Å². The molecule has 0 amide bonds. The third-order valence-corrected chi connectivity index (χ3v) is 2.92. The summed E-state index contributed by atoms with van der Waals surface area (Å²) >= 11 is 11.8. The lowest BCUT2D eigenvalue weighted by Gasteiger charge is -2.00. The van der Waals surface area contributed by atoms with E-state index in [0.29, 0.717) is 15.7 Å². The SMILES string of the molecule is COc1ccc(C=Nc2ccc(Cl)cc2Cl)cc1. The van der Waals surface area contributed by atoms with Crippen LogP contribution in [0.25, 0.3) is 0 Å². The van der Waals surface area contributed by atoms with Gasteiger partial charge in [-0.25, -0.2) is 0 Å². The number of benzene rings is 2. The molecule has 0 aliphatic rings. The Hall–Kier alpha value is -1.51. The van der Waals surface area contributed by atoms with Gasteiger partial charge in [0.15, 0.2) is 0 Å². The summed E-state index contributed by atoms with van der Waals surface area (Å²) in [6.45, 7) is 0. The van der Waals surface area contributed by atoms with Gasteiger partial charge in [-0.15, -0.1) is 0 Å². The molecule has 0 heterocycles. The lowest BCUT2D eigenvalue weighted by molar-refractivity contribution is 0.415. The van der Waals surface area contributed by atoms with Gasteiger partial charge in [-0.3, -0.25) is 4.99 Å². The molecule has 4 heteroatoms. The molecule has 0 saturated carbocycles. The van der Waals surface area contributed by atoms with Gasteiger partial charge in [0.25, 0.3) is 0 Å². The lowest BCUT2D eigenvalue weighted by atomic mass is 10.2. The molecular formula is C14H11Cl2NO. The molecule has 2 aromatic rings. The molecule has 0 N–H and O–H groups in total. The summed E-state index contributed by atoms with van der Waals surface area (Å²) in [7, 11) is 1.64. The average Bonchev–Trinajstić information content (AvgIpc) is 2.38. The van der Waals surface area contributed by atoms with Crippen molar-refractivity contribution in [3.8, 4) is 5.75 Å². The molecule has 0 saturated heterocycles. The second kappa shape index (κ2) is 5.89. The predicted molar refractivity (Wildman–Crippen MR) is 76.7 cm³/mol. The van der Waals surface area contributed by atoms with E-state index in [4.69, 9.17) is 27.9 Å². The first-order valence-corrected chi connectivity index (χ1v) is 6.08. The van der Waals surface area contributed by atoms with Crippen LogP contribution >= 0.6 is 23.2 Å². The van der Waals surface area contributed by atoms with Crippen molar-refractivity contribution in [2.45, 2.75) is 0 Å². The predicted octanol–water partition coefficient (Wildman–Crippen LogP) is 4.75. The van der Waals surface area contributed by atoms with Gasteiger partial charge in [-0.05, 0) is 48.0 Å². The number of aliphatic imine (C=N–C) groups is 1. The van der Waals surface area contributed by atoms with E-state index in [0.717, 1.165) is 11.3 Å². The average molecular weight is 280 g/mol. The molecule has 92 valence electrons. The van der Waals surface area contributed by atoms with Gasteiger partial charge in [0.2, 0.25) is 0 Å². The third kappa shape index (κ3) is 3.25. The van der Waals surface area contributed by atoms with Gasteiger partial charge < -0.3 is 4.74 Å². The zero-order valence-electron chi connectivity index (χ0n) is 9.73. The van der Waals surface area contributed by atoms with Crippen molar-refractivity contribution in [1.29, 1.82) is 0 Å². The maximum absolute atomic E-state index is 6.03. The van der Waals surface area contributed by atoms with Crippen LogP contribution in [0.15, 0.2) is 47.5 Å². The van der Waals surface area contributed by atoms with Crippen LogP contribution in [0.3, 0.4) is 0 Å². The number of rotatable bonds is 3. The Morgan fingerprint density at radius 1 is 1.06 bits per heavy atom. The Labute approximate surface area is 116 Å². The summed E-state index contributed by atoms with van der Waals surface area (Å²) in [5.41, 5.74) is 1.67. The largest absolute Gasteiger partial charge is 0.497 e. The van der Waals surface area contributed by atoms with E-state index in [1.165, 1.54) is 0 Å². The van der Waals surface area contributed by atoms with E-state index in [-0.39, 0.29) is 0 Å².